The van der Waals surface area contributed by atoms with E-state index in [0.717, 1.165) is 50.5 Å². The zero-order valence-electron chi connectivity index (χ0n) is 15.4. The first-order chi connectivity index (χ1) is 12.2. The number of methoxy groups -OCH3 is 1. The molecular weight excluding hydrogens is 316 g/mol. The Balaban J connectivity index is 1.66. The number of amides is 1. The molecule has 5 nitrogen and oxygen atoms in total. The van der Waals surface area contributed by atoms with Gasteiger partial charge in [0.2, 0.25) is 5.91 Å². The Hall–Kier alpha value is -1.59. The molecule has 2 fully saturated rings. The van der Waals surface area contributed by atoms with Crippen LogP contribution in [0.3, 0.4) is 0 Å². The molecule has 1 heterocycles. The summed E-state index contributed by atoms with van der Waals surface area (Å²) in [5.41, 5.74) is 1.02. The molecule has 1 saturated carbocycles. The van der Waals surface area contributed by atoms with Gasteiger partial charge in [-0.3, -0.25) is 9.69 Å². The highest BCUT2D eigenvalue weighted by Gasteiger charge is 2.44. The van der Waals surface area contributed by atoms with Crippen LogP contribution >= 0.6 is 0 Å². The van der Waals surface area contributed by atoms with Crippen LogP contribution in [0.2, 0.25) is 0 Å². The van der Waals surface area contributed by atoms with Gasteiger partial charge in [-0.1, -0.05) is 31.0 Å². The molecule has 5 heteroatoms. The minimum absolute atomic E-state index is 0.0662. The summed E-state index contributed by atoms with van der Waals surface area (Å²) in [6, 6.07) is 7.86. The van der Waals surface area contributed by atoms with Gasteiger partial charge >= 0.3 is 0 Å². The first-order valence-electron chi connectivity index (χ1n) is 9.40. The lowest BCUT2D eigenvalue weighted by Crippen LogP contribution is -2.62. The maximum Gasteiger partial charge on any atom is 0.224 e. The van der Waals surface area contributed by atoms with E-state index in [4.69, 9.17) is 9.47 Å². The number of morpholine rings is 1. The molecule has 1 amide bonds. The third-order valence-corrected chi connectivity index (χ3v) is 5.84. The van der Waals surface area contributed by atoms with Gasteiger partial charge in [0.25, 0.3) is 0 Å². The molecule has 0 aromatic heterocycles. The van der Waals surface area contributed by atoms with Crippen molar-refractivity contribution >= 4 is 5.91 Å². The van der Waals surface area contributed by atoms with Gasteiger partial charge < -0.3 is 14.8 Å². The van der Waals surface area contributed by atoms with Crippen LogP contribution in [-0.4, -0.2) is 55.8 Å². The fourth-order valence-corrected chi connectivity index (χ4v) is 4.47. The Labute approximate surface area is 150 Å². The van der Waals surface area contributed by atoms with Crippen molar-refractivity contribution in [1.82, 2.24) is 10.2 Å². The Morgan fingerprint density at radius 3 is 2.64 bits per heavy atom. The maximum absolute atomic E-state index is 12.7. The van der Waals surface area contributed by atoms with Crippen molar-refractivity contribution in [2.24, 2.45) is 0 Å². The van der Waals surface area contributed by atoms with Gasteiger partial charge in [-0.15, -0.1) is 0 Å². The number of rotatable bonds is 6. The zero-order chi connectivity index (χ0) is 17.7. The largest absolute Gasteiger partial charge is 0.496 e. The second-order valence-electron chi connectivity index (χ2n) is 7.19. The highest BCUT2D eigenvalue weighted by molar-refractivity contribution is 5.79. The lowest BCUT2D eigenvalue weighted by molar-refractivity contribution is -0.122. The number of hydrogen-bond acceptors (Lipinski definition) is 4. The molecule has 1 aromatic carbocycles. The topological polar surface area (TPSA) is 50.8 Å². The molecule has 0 bridgehead atoms. The number of hydrogen-bond donors (Lipinski definition) is 1. The summed E-state index contributed by atoms with van der Waals surface area (Å²) in [6.45, 7) is 5.69. The molecule has 0 spiro atoms. The number of carbonyl (C=O) groups is 1. The van der Waals surface area contributed by atoms with Crippen LogP contribution < -0.4 is 10.1 Å². The average Bonchev–Trinajstić information content (AvgIpc) is 3.14. The fourth-order valence-electron chi connectivity index (χ4n) is 4.47. The van der Waals surface area contributed by atoms with Gasteiger partial charge in [-0.25, -0.2) is 0 Å². The second kappa shape index (κ2) is 8.19. The van der Waals surface area contributed by atoms with E-state index in [0.29, 0.717) is 6.42 Å². The van der Waals surface area contributed by atoms with Crippen molar-refractivity contribution in [3.05, 3.63) is 29.8 Å². The maximum atomic E-state index is 12.7. The van der Waals surface area contributed by atoms with Gasteiger partial charge in [0.05, 0.1) is 26.7 Å². The predicted octanol–water partition coefficient (Wildman–Crippen LogP) is 2.39. The van der Waals surface area contributed by atoms with Crippen LogP contribution in [0.5, 0.6) is 5.75 Å². The van der Waals surface area contributed by atoms with E-state index < -0.39 is 0 Å². The number of carbonyl (C=O) groups excluding carboxylic acids is 1. The number of para-hydroxylation sites is 1. The van der Waals surface area contributed by atoms with E-state index in [1.54, 1.807) is 7.11 Å². The van der Waals surface area contributed by atoms with E-state index in [9.17, 15) is 4.79 Å². The minimum atomic E-state index is 0.0662. The average molecular weight is 346 g/mol. The molecule has 0 radical (unpaired) electrons. The quantitative estimate of drug-likeness (QED) is 0.859. The first kappa shape index (κ1) is 18.2. The van der Waals surface area contributed by atoms with Gasteiger partial charge in [0.1, 0.15) is 5.75 Å². The highest BCUT2D eigenvalue weighted by atomic mass is 16.5. The molecule has 1 N–H and O–H groups in total. The Morgan fingerprint density at radius 1 is 1.28 bits per heavy atom. The first-order valence-corrected chi connectivity index (χ1v) is 9.40. The SMILES string of the molecule is COc1ccccc1CC(=O)NC(C)C1(N2CCOCC2)CCCC1. The normalized spacial score (nSPS) is 21.7. The number of ether oxygens (including phenoxy) is 2. The van der Waals surface area contributed by atoms with Gasteiger partial charge in [-0.05, 0) is 25.8 Å². The number of benzene rings is 1. The van der Waals surface area contributed by atoms with Gasteiger partial charge in [0, 0.05) is 30.2 Å². The van der Waals surface area contributed by atoms with Crippen LogP contribution in [0, 0.1) is 0 Å². The Kier molecular flexibility index (Phi) is 5.97. The van der Waals surface area contributed by atoms with Crippen LogP contribution in [0.25, 0.3) is 0 Å². The molecule has 1 aliphatic heterocycles. The third-order valence-electron chi connectivity index (χ3n) is 5.84. The summed E-state index contributed by atoms with van der Waals surface area (Å²) >= 11 is 0. The molecule has 1 aromatic rings. The molecule has 3 rings (SSSR count). The molecule has 1 unspecified atom stereocenters. The summed E-state index contributed by atoms with van der Waals surface area (Å²) < 4.78 is 10.9. The molecule has 138 valence electrons. The van der Waals surface area contributed by atoms with Crippen LogP contribution in [-0.2, 0) is 16.0 Å². The molecule has 25 heavy (non-hydrogen) atoms. The number of nitrogens with one attached hydrogen (secondary N) is 1. The van der Waals surface area contributed by atoms with Crippen molar-refractivity contribution in [1.29, 1.82) is 0 Å². The van der Waals surface area contributed by atoms with Crippen molar-refractivity contribution in [3.8, 4) is 5.75 Å². The standard InChI is InChI=1S/C20H30N2O3/c1-16(20(9-5-6-10-20)22-11-13-25-14-12-22)21-19(23)15-17-7-3-4-8-18(17)24-2/h3-4,7-8,16H,5-6,9-15H2,1-2H3,(H,21,23). The van der Waals surface area contributed by atoms with E-state index in [-0.39, 0.29) is 17.5 Å². The molecule has 1 saturated heterocycles. The van der Waals surface area contributed by atoms with Crippen molar-refractivity contribution in [2.45, 2.75) is 50.6 Å². The second-order valence-corrected chi connectivity index (χ2v) is 7.19. The monoisotopic (exact) mass is 346 g/mol. The summed E-state index contributed by atoms with van der Waals surface area (Å²) in [5, 5.41) is 3.28. The summed E-state index contributed by atoms with van der Waals surface area (Å²) in [7, 11) is 1.64. The smallest absolute Gasteiger partial charge is 0.224 e. The molecule has 1 aliphatic carbocycles. The van der Waals surface area contributed by atoms with E-state index >= 15 is 0 Å². The molecule has 1 atom stereocenters. The van der Waals surface area contributed by atoms with Gasteiger partial charge in [-0.2, -0.15) is 0 Å². The predicted molar refractivity (Wildman–Crippen MR) is 97.9 cm³/mol. The van der Waals surface area contributed by atoms with Crippen molar-refractivity contribution in [3.63, 3.8) is 0 Å². The van der Waals surface area contributed by atoms with E-state index in [1.165, 1.54) is 12.8 Å². The summed E-state index contributed by atoms with van der Waals surface area (Å²) in [6.07, 6.45) is 5.15. The zero-order valence-corrected chi connectivity index (χ0v) is 15.4. The molecular formula is C20H30N2O3. The minimum Gasteiger partial charge on any atom is -0.496 e. The summed E-state index contributed by atoms with van der Waals surface area (Å²) in [4.78, 5) is 15.2. The lowest BCUT2D eigenvalue weighted by atomic mass is 9.86. The van der Waals surface area contributed by atoms with Crippen LogP contribution in [0.1, 0.15) is 38.2 Å². The lowest BCUT2D eigenvalue weighted by Gasteiger charge is -2.47. The van der Waals surface area contributed by atoms with Crippen LogP contribution in [0.15, 0.2) is 24.3 Å². The van der Waals surface area contributed by atoms with Crippen molar-refractivity contribution < 1.29 is 14.3 Å². The third kappa shape index (κ3) is 3.98. The molecule has 2 aliphatic rings. The number of nitrogens with zero attached hydrogens (tertiary/aromatic N) is 1. The fraction of sp³-hybridized carbons (Fsp3) is 0.650. The van der Waals surface area contributed by atoms with E-state index in [1.807, 2.05) is 24.3 Å². The van der Waals surface area contributed by atoms with Gasteiger partial charge in [0.15, 0.2) is 0 Å². The van der Waals surface area contributed by atoms with Crippen LogP contribution in [0.4, 0.5) is 0 Å². The van der Waals surface area contributed by atoms with Crippen molar-refractivity contribution in [2.75, 3.05) is 33.4 Å². The summed E-state index contributed by atoms with van der Waals surface area (Å²) in [5.74, 6) is 0.839. The Bertz CT molecular complexity index is 578. The van der Waals surface area contributed by atoms with E-state index in [2.05, 4.69) is 17.1 Å². The highest BCUT2D eigenvalue weighted by Crippen LogP contribution is 2.38. The Morgan fingerprint density at radius 2 is 1.96 bits per heavy atom.